The summed E-state index contributed by atoms with van der Waals surface area (Å²) in [6.45, 7) is 14.7. The standard InChI is InChI=1S/C13H30N2/c1-6-15(7-2)11-9-12(14)8-10-13(3,4)5/h12H,6-11,14H2,1-5H3. The zero-order chi connectivity index (χ0) is 11.9. The molecule has 92 valence electrons. The number of rotatable bonds is 7. The van der Waals surface area contributed by atoms with Gasteiger partial charge in [-0.3, -0.25) is 0 Å². The molecule has 0 fully saturated rings. The largest absolute Gasteiger partial charge is 0.328 e. The van der Waals surface area contributed by atoms with Crippen LogP contribution < -0.4 is 5.73 Å². The van der Waals surface area contributed by atoms with E-state index in [9.17, 15) is 0 Å². The Kier molecular flexibility index (Phi) is 7.20. The van der Waals surface area contributed by atoms with Crippen LogP contribution in [0.5, 0.6) is 0 Å². The highest BCUT2D eigenvalue weighted by Crippen LogP contribution is 2.21. The van der Waals surface area contributed by atoms with E-state index in [-0.39, 0.29) is 0 Å². The summed E-state index contributed by atoms with van der Waals surface area (Å²) in [5, 5.41) is 0. The second kappa shape index (κ2) is 7.24. The molecule has 2 nitrogen and oxygen atoms in total. The van der Waals surface area contributed by atoms with Crippen molar-refractivity contribution in [2.45, 2.75) is 59.9 Å². The van der Waals surface area contributed by atoms with Crippen LogP contribution in [0.3, 0.4) is 0 Å². The third kappa shape index (κ3) is 8.88. The van der Waals surface area contributed by atoms with Crippen LogP contribution in [-0.4, -0.2) is 30.6 Å². The van der Waals surface area contributed by atoms with Crippen LogP contribution in [0.25, 0.3) is 0 Å². The maximum Gasteiger partial charge on any atom is 0.00512 e. The zero-order valence-corrected chi connectivity index (χ0v) is 11.3. The van der Waals surface area contributed by atoms with E-state index in [1.165, 1.54) is 6.42 Å². The molecular formula is C13H30N2. The van der Waals surface area contributed by atoms with Gasteiger partial charge in [0.2, 0.25) is 0 Å². The number of hydrogen-bond acceptors (Lipinski definition) is 2. The lowest BCUT2D eigenvalue weighted by Gasteiger charge is -2.23. The third-order valence-electron chi connectivity index (χ3n) is 2.98. The van der Waals surface area contributed by atoms with Crippen LogP contribution in [0.1, 0.15) is 53.9 Å². The van der Waals surface area contributed by atoms with Crippen molar-refractivity contribution in [3.8, 4) is 0 Å². The summed E-state index contributed by atoms with van der Waals surface area (Å²) >= 11 is 0. The molecule has 0 aromatic heterocycles. The molecule has 0 aliphatic rings. The van der Waals surface area contributed by atoms with Gasteiger partial charge < -0.3 is 10.6 Å². The third-order valence-corrected chi connectivity index (χ3v) is 2.98. The predicted molar refractivity (Wildman–Crippen MR) is 69.1 cm³/mol. The van der Waals surface area contributed by atoms with Crippen molar-refractivity contribution in [1.29, 1.82) is 0 Å². The van der Waals surface area contributed by atoms with E-state index >= 15 is 0 Å². The molecule has 0 aliphatic heterocycles. The number of nitrogens with zero attached hydrogens (tertiary/aromatic N) is 1. The second-order valence-electron chi connectivity index (χ2n) is 5.67. The van der Waals surface area contributed by atoms with Crippen molar-refractivity contribution in [3.63, 3.8) is 0 Å². The molecule has 0 radical (unpaired) electrons. The molecule has 0 aromatic rings. The Morgan fingerprint density at radius 2 is 1.60 bits per heavy atom. The Morgan fingerprint density at radius 3 is 2.00 bits per heavy atom. The minimum Gasteiger partial charge on any atom is -0.328 e. The number of hydrogen-bond donors (Lipinski definition) is 1. The monoisotopic (exact) mass is 214 g/mol. The maximum absolute atomic E-state index is 6.11. The molecule has 1 atom stereocenters. The van der Waals surface area contributed by atoms with E-state index in [0.717, 1.165) is 32.5 Å². The van der Waals surface area contributed by atoms with E-state index in [4.69, 9.17) is 5.73 Å². The van der Waals surface area contributed by atoms with Crippen molar-refractivity contribution >= 4 is 0 Å². The topological polar surface area (TPSA) is 29.3 Å². The zero-order valence-electron chi connectivity index (χ0n) is 11.3. The van der Waals surface area contributed by atoms with Gasteiger partial charge in [-0.25, -0.2) is 0 Å². The minimum atomic E-state index is 0.379. The fourth-order valence-electron chi connectivity index (χ4n) is 1.65. The fraction of sp³-hybridized carbons (Fsp3) is 1.00. The highest BCUT2D eigenvalue weighted by Gasteiger charge is 2.13. The summed E-state index contributed by atoms with van der Waals surface area (Å²) in [6.07, 6.45) is 3.52. The average Bonchev–Trinajstić information content (AvgIpc) is 2.15. The molecule has 0 spiro atoms. The van der Waals surface area contributed by atoms with Gasteiger partial charge in [-0.1, -0.05) is 34.6 Å². The Bertz CT molecular complexity index is 145. The molecule has 0 saturated heterocycles. The summed E-state index contributed by atoms with van der Waals surface area (Å²) < 4.78 is 0. The fourth-order valence-corrected chi connectivity index (χ4v) is 1.65. The molecule has 0 aromatic carbocycles. The maximum atomic E-state index is 6.11. The van der Waals surface area contributed by atoms with Crippen molar-refractivity contribution in [3.05, 3.63) is 0 Å². The van der Waals surface area contributed by atoms with Gasteiger partial charge in [-0.2, -0.15) is 0 Å². The van der Waals surface area contributed by atoms with Gasteiger partial charge in [0.25, 0.3) is 0 Å². The molecule has 0 rings (SSSR count). The van der Waals surface area contributed by atoms with Gasteiger partial charge in [0, 0.05) is 6.04 Å². The SMILES string of the molecule is CCN(CC)CCC(N)CCC(C)(C)C. The molecule has 1 unspecified atom stereocenters. The lowest BCUT2D eigenvalue weighted by Crippen LogP contribution is -2.31. The van der Waals surface area contributed by atoms with Gasteiger partial charge in [0.15, 0.2) is 0 Å². The van der Waals surface area contributed by atoms with Crippen molar-refractivity contribution in [1.82, 2.24) is 4.90 Å². The van der Waals surface area contributed by atoms with E-state index in [0.29, 0.717) is 11.5 Å². The summed E-state index contributed by atoms with van der Waals surface area (Å²) in [7, 11) is 0. The highest BCUT2D eigenvalue weighted by atomic mass is 15.1. The average molecular weight is 214 g/mol. The molecule has 0 saturated carbocycles. The first-order valence-electron chi connectivity index (χ1n) is 6.37. The lowest BCUT2D eigenvalue weighted by atomic mass is 9.88. The predicted octanol–water partition coefficient (Wildman–Crippen LogP) is 2.87. The Labute approximate surface area is 96.2 Å². The highest BCUT2D eigenvalue weighted by molar-refractivity contribution is 4.69. The van der Waals surface area contributed by atoms with Crippen LogP contribution in [0.4, 0.5) is 0 Å². The molecule has 0 aliphatic carbocycles. The molecule has 0 heterocycles. The van der Waals surface area contributed by atoms with Gasteiger partial charge in [0.05, 0.1) is 0 Å². The summed E-state index contributed by atoms with van der Waals surface area (Å²) in [5.41, 5.74) is 6.54. The molecule has 2 N–H and O–H groups in total. The first kappa shape index (κ1) is 14.9. The van der Waals surface area contributed by atoms with Crippen LogP contribution in [0.15, 0.2) is 0 Å². The quantitative estimate of drug-likeness (QED) is 0.706. The van der Waals surface area contributed by atoms with E-state index in [2.05, 4.69) is 39.5 Å². The molecular weight excluding hydrogens is 184 g/mol. The van der Waals surface area contributed by atoms with E-state index < -0.39 is 0 Å². The first-order valence-corrected chi connectivity index (χ1v) is 6.37. The van der Waals surface area contributed by atoms with Crippen LogP contribution in [0, 0.1) is 5.41 Å². The molecule has 2 heteroatoms. The van der Waals surface area contributed by atoms with Gasteiger partial charge in [-0.05, 0) is 44.3 Å². The van der Waals surface area contributed by atoms with Crippen LogP contribution in [-0.2, 0) is 0 Å². The van der Waals surface area contributed by atoms with Gasteiger partial charge >= 0.3 is 0 Å². The summed E-state index contributed by atoms with van der Waals surface area (Å²) in [6, 6.07) is 0.379. The molecule has 0 bridgehead atoms. The normalized spacial score (nSPS) is 14.6. The van der Waals surface area contributed by atoms with Crippen molar-refractivity contribution in [2.75, 3.05) is 19.6 Å². The van der Waals surface area contributed by atoms with Crippen molar-refractivity contribution in [2.24, 2.45) is 11.1 Å². The van der Waals surface area contributed by atoms with Crippen molar-refractivity contribution < 1.29 is 0 Å². The van der Waals surface area contributed by atoms with E-state index in [1.807, 2.05) is 0 Å². The smallest absolute Gasteiger partial charge is 0.00512 e. The van der Waals surface area contributed by atoms with Crippen LogP contribution >= 0.6 is 0 Å². The van der Waals surface area contributed by atoms with Crippen LogP contribution in [0.2, 0.25) is 0 Å². The first-order chi connectivity index (χ1) is 6.89. The Morgan fingerprint density at radius 1 is 1.07 bits per heavy atom. The summed E-state index contributed by atoms with van der Waals surface area (Å²) in [4.78, 5) is 2.44. The molecule has 0 amide bonds. The minimum absolute atomic E-state index is 0.379. The summed E-state index contributed by atoms with van der Waals surface area (Å²) in [5.74, 6) is 0. The Hall–Kier alpha value is -0.0800. The lowest BCUT2D eigenvalue weighted by molar-refractivity contribution is 0.277. The Balaban J connectivity index is 3.61. The molecule has 15 heavy (non-hydrogen) atoms. The van der Waals surface area contributed by atoms with E-state index in [1.54, 1.807) is 0 Å². The second-order valence-corrected chi connectivity index (χ2v) is 5.67. The van der Waals surface area contributed by atoms with Gasteiger partial charge in [-0.15, -0.1) is 0 Å². The number of nitrogens with two attached hydrogens (primary N) is 1. The van der Waals surface area contributed by atoms with Gasteiger partial charge in [0.1, 0.15) is 0 Å².